The molecule has 0 saturated carbocycles. The summed E-state index contributed by atoms with van der Waals surface area (Å²) in [4.78, 5) is 16.1. The van der Waals surface area contributed by atoms with E-state index in [4.69, 9.17) is 0 Å². The molecule has 1 aromatic heterocycles. The Hall–Kier alpha value is -1.36. The second-order valence-corrected chi connectivity index (χ2v) is 4.62. The van der Waals surface area contributed by atoms with Crippen molar-refractivity contribution < 1.29 is 4.79 Å². The molecule has 94 valence electrons. The van der Waals surface area contributed by atoms with E-state index in [0.29, 0.717) is 0 Å². The number of carbonyl (C=O) groups is 1. The van der Waals surface area contributed by atoms with E-state index < -0.39 is 0 Å². The molecule has 0 aliphatic carbocycles. The van der Waals surface area contributed by atoms with Gasteiger partial charge in [-0.1, -0.05) is 0 Å². The summed E-state index contributed by atoms with van der Waals surface area (Å²) in [5.41, 5.74) is 0. The largest absolute Gasteiger partial charge is 0.355 e. The van der Waals surface area contributed by atoms with Crippen molar-refractivity contribution in [3.8, 4) is 0 Å². The molecular weight excluding hydrogens is 216 g/mol. The van der Waals surface area contributed by atoms with Gasteiger partial charge < -0.3 is 9.88 Å². The monoisotopic (exact) mass is 236 g/mol. The lowest BCUT2D eigenvalue weighted by Crippen LogP contribution is -2.44. The maximum absolute atomic E-state index is 11.8. The summed E-state index contributed by atoms with van der Waals surface area (Å²) < 4.78 is 1.98. The van der Waals surface area contributed by atoms with Crippen molar-refractivity contribution >= 4 is 5.91 Å². The highest BCUT2D eigenvalue weighted by atomic mass is 16.2. The molecule has 0 aromatic carbocycles. The first kappa shape index (κ1) is 12.1. The molecule has 1 aliphatic rings. The van der Waals surface area contributed by atoms with Crippen LogP contribution in [0.25, 0.3) is 0 Å². The quantitative estimate of drug-likeness (QED) is 0.814. The summed E-state index contributed by atoms with van der Waals surface area (Å²) in [6, 6.07) is -0.00644. The number of carbonyl (C=O) groups excluding carboxylic acids is 1. The standard InChI is InChI=1S/C12H20N4O/c1-9(11-13-7-8-16(11)2)15-10-5-3-4-6-14-12(10)17/h7-10,15H,3-6H2,1-2H3,(H,14,17). The molecule has 5 heteroatoms. The van der Waals surface area contributed by atoms with Crippen molar-refractivity contribution in [1.82, 2.24) is 20.2 Å². The zero-order valence-corrected chi connectivity index (χ0v) is 10.4. The van der Waals surface area contributed by atoms with Gasteiger partial charge in [-0.2, -0.15) is 0 Å². The Morgan fingerprint density at radius 1 is 1.59 bits per heavy atom. The first-order chi connectivity index (χ1) is 8.18. The molecule has 1 aromatic rings. The fourth-order valence-electron chi connectivity index (χ4n) is 2.27. The number of imidazole rings is 1. The summed E-state index contributed by atoms with van der Waals surface area (Å²) in [6.45, 7) is 2.84. The molecule has 0 spiro atoms. The van der Waals surface area contributed by atoms with Crippen molar-refractivity contribution in [2.45, 2.75) is 38.3 Å². The van der Waals surface area contributed by atoms with Gasteiger partial charge in [0.1, 0.15) is 5.82 Å². The SMILES string of the molecule is CC(NC1CCCCNC1=O)c1nccn1C. The van der Waals surface area contributed by atoms with Crippen LogP contribution in [0.4, 0.5) is 0 Å². The number of rotatable bonds is 3. The van der Waals surface area contributed by atoms with E-state index >= 15 is 0 Å². The summed E-state index contributed by atoms with van der Waals surface area (Å²) in [6.07, 6.45) is 6.76. The molecule has 1 amide bonds. The van der Waals surface area contributed by atoms with E-state index in [1.807, 2.05) is 24.7 Å². The zero-order valence-electron chi connectivity index (χ0n) is 10.4. The van der Waals surface area contributed by atoms with Gasteiger partial charge in [0.25, 0.3) is 0 Å². The minimum absolute atomic E-state index is 0.0869. The molecule has 1 fully saturated rings. The molecule has 1 aliphatic heterocycles. The first-order valence-electron chi connectivity index (χ1n) is 6.19. The van der Waals surface area contributed by atoms with Gasteiger partial charge in [0.2, 0.25) is 5.91 Å². The Kier molecular flexibility index (Phi) is 3.78. The van der Waals surface area contributed by atoms with Crippen LogP contribution in [-0.2, 0) is 11.8 Å². The number of aryl methyl sites for hydroxylation is 1. The van der Waals surface area contributed by atoms with Crippen LogP contribution in [-0.4, -0.2) is 28.0 Å². The van der Waals surface area contributed by atoms with Gasteiger partial charge in [0.05, 0.1) is 12.1 Å². The van der Waals surface area contributed by atoms with Crippen LogP contribution in [0, 0.1) is 0 Å². The summed E-state index contributed by atoms with van der Waals surface area (Å²) >= 11 is 0. The predicted molar refractivity (Wildman–Crippen MR) is 65.4 cm³/mol. The van der Waals surface area contributed by atoms with Gasteiger partial charge in [0.15, 0.2) is 0 Å². The number of nitrogens with one attached hydrogen (secondary N) is 2. The van der Waals surface area contributed by atoms with Crippen LogP contribution < -0.4 is 10.6 Å². The van der Waals surface area contributed by atoms with Crippen LogP contribution in [0.3, 0.4) is 0 Å². The summed E-state index contributed by atoms with van der Waals surface area (Å²) in [7, 11) is 1.97. The minimum Gasteiger partial charge on any atom is -0.355 e. The minimum atomic E-state index is -0.0933. The molecule has 17 heavy (non-hydrogen) atoms. The van der Waals surface area contributed by atoms with E-state index in [0.717, 1.165) is 31.6 Å². The summed E-state index contributed by atoms with van der Waals surface area (Å²) in [5.74, 6) is 1.07. The van der Waals surface area contributed by atoms with Gasteiger partial charge >= 0.3 is 0 Å². The van der Waals surface area contributed by atoms with Crippen LogP contribution in [0.2, 0.25) is 0 Å². The van der Waals surface area contributed by atoms with Gasteiger partial charge in [-0.15, -0.1) is 0 Å². The number of hydrogen-bond acceptors (Lipinski definition) is 3. The Balaban J connectivity index is 2.00. The maximum Gasteiger partial charge on any atom is 0.237 e. The van der Waals surface area contributed by atoms with Crippen LogP contribution in [0.5, 0.6) is 0 Å². The Morgan fingerprint density at radius 2 is 2.41 bits per heavy atom. The molecular formula is C12H20N4O. The lowest BCUT2D eigenvalue weighted by Gasteiger charge is -2.20. The fourth-order valence-corrected chi connectivity index (χ4v) is 2.27. The topological polar surface area (TPSA) is 58.9 Å². The smallest absolute Gasteiger partial charge is 0.237 e. The third-order valence-electron chi connectivity index (χ3n) is 3.23. The van der Waals surface area contributed by atoms with Gasteiger partial charge in [-0.3, -0.25) is 10.1 Å². The van der Waals surface area contributed by atoms with Crippen molar-refractivity contribution in [3.63, 3.8) is 0 Å². The molecule has 2 rings (SSSR count). The summed E-state index contributed by atoms with van der Waals surface area (Å²) in [5, 5.41) is 6.29. The van der Waals surface area contributed by atoms with E-state index in [1.54, 1.807) is 6.20 Å². The van der Waals surface area contributed by atoms with Gasteiger partial charge in [-0.05, 0) is 26.2 Å². The van der Waals surface area contributed by atoms with Crippen LogP contribution >= 0.6 is 0 Å². The Morgan fingerprint density at radius 3 is 3.12 bits per heavy atom. The molecule has 1 saturated heterocycles. The number of aromatic nitrogens is 2. The lowest BCUT2D eigenvalue weighted by atomic mass is 10.1. The van der Waals surface area contributed by atoms with Crippen LogP contribution in [0.15, 0.2) is 12.4 Å². The van der Waals surface area contributed by atoms with Crippen molar-refractivity contribution in [2.75, 3.05) is 6.54 Å². The third-order valence-corrected chi connectivity index (χ3v) is 3.23. The number of amides is 1. The highest BCUT2D eigenvalue weighted by Crippen LogP contribution is 2.13. The van der Waals surface area contributed by atoms with Gasteiger partial charge in [0, 0.05) is 26.0 Å². The average Bonchev–Trinajstić information content (AvgIpc) is 2.63. The van der Waals surface area contributed by atoms with Crippen LogP contribution in [0.1, 0.15) is 38.1 Å². The molecule has 2 atom stereocenters. The molecule has 2 N–H and O–H groups in total. The number of nitrogens with zero attached hydrogens (tertiary/aromatic N) is 2. The van der Waals surface area contributed by atoms with E-state index in [2.05, 4.69) is 15.6 Å². The molecule has 2 unspecified atom stereocenters. The molecule has 0 radical (unpaired) electrons. The number of hydrogen-bond donors (Lipinski definition) is 2. The van der Waals surface area contributed by atoms with Crippen molar-refractivity contribution in [1.29, 1.82) is 0 Å². The fraction of sp³-hybridized carbons (Fsp3) is 0.667. The highest BCUT2D eigenvalue weighted by Gasteiger charge is 2.23. The highest BCUT2D eigenvalue weighted by molar-refractivity contribution is 5.81. The third kappa shape index (κ3) is 2.85. The van der Waals surface area contributed by atoms with Crippen molar-refractivity contribution in [2.24, 2.45) is 7.05 Å². The Bertz CT molecular complexity index is 388. The maximum atomic E-state index is 11.8. The van der Waals surface area contributed by atoms with Gasteiger partial charge in [-0.25, -0.2) is 4.98 Å². The Labute approximate surface area is 102 Å². The first-order valence-corrected chi connectivity index (χ1v) is 6.19. The lowest BCUT2D eigenvalue weighted by molar-refractivity contribution is -0.123. The van der Waals surface area contributed by atoms with E-state index in [1.165, 1.54) is 0 Å². The van der Waals surface area contributed by atoms with E-state index in [-0.39, 0.29) is 18.0 Å². The molecule has 5 nitrogen and oxygen atoms in total. The normalized spacial score (nSPS) is 22.9. The zero-order chi connectivity index (χ0) is 12.3. The van der Waals surface area contributed by atoms with E-state index in [9.17, 15) is 4.79 Å². The second-order valence-electron chi connectivity index (χ2n) is 4.62. The second kappa shape index (κ2) is 5.31. The average molecular weight is 236 g/mol. The molecule has 2 heterocycles. The predicted octanol–water partition coefficient (Wildman–Crippen LogP) is 0.739. The van der Waals surface area contributed by atoms with Crippen molar-refractivity contribution in [3.05, 3.63) is 18.2 Å². The molecule has 0 bridgehead atoms.